The second kappa shape index (κ2) is 7.87. The second-order valence-corrected chi connectivity index (χ2v) is 10.2. The van der Waals surface area contributed by atoms with Gasteiger partial charge in [-0.25, -0.2) is 0 Å². The number of nitrogens with one attached hydrogen (secondary N) is 1. The van der Waals surface area contributed by atoms with Crippen LogP contribution < -0.4 is 4.74 Å². The Balaban J connectivity index is 1.44. The summed E-state index contributed by atoms with van der Waals surface area (Å²) in [5.41, 5.74) is 7.66. The van der Waals surface area contributed by atoms with Crippen LogP contribution in [0.2, 0.25) is 5.02 Å². The third-order valence-corrected chi connectivity index (χ3v) is 8.10. The van der Waals surface area contributed by atoms with E-state index >= 15 is 0 Å². The Morgan fingerprint density at radius 2 is 2.12 bits per heavy atom. The minimum Gasteiger partial charge on any atom is -0.483 e. The third-order valence-electron chi connectivity index (χ3n) is 6.63. The smallest absolute Gasteiger partial charge is 0.147 e. The number of hydrogen-bond donors (Lipinski definition) is 2. The van der Waals surface area contributed by atoms with Crippen molar-refractivity contribution < 1.29 is 9.84 Å². The van der Waals surface area contributed by atoms with Gasteiger partial charge in [0.05, 0.1) is 16.3 Å². The Morgan fingerprint density at radius 3 is 3.00 bits per heavy atom. The van der Waals surface area contributed by atoms with Crippen molar-refractivity contribution in [3.05, 3.63) is 62.9 Å². The molecular weight excluding hydrogens is 442 g/mol. The van der Waals surface area contributed by atoms with Crippen LogP contribution in [0.15, 0.2) is 30.5 Å². The Kier molecular flexibility index (Phi) is 4.97. The standard InChI is InChI=1S/C25H24ClN3O2S/c1-2-20(30)22-12-19-25(32-22)15(7-8-27-19)17-11-14(26)9-13-10-21(31-24(13)17)23-16-5-3-4-6-18(16)28-29-23/h7-9,11-12,20-21,30H,2-6,10H2,1H3,(H,28,29). The van der Waals surface area contributed by atoms with Crippen molar-refractivity contribution in [2.45, 2.75) is 57.7 Å². The molecule has 1 aliphatic heterocycles. The maximum Gasteiger partial charge on any atom is 0.147 e. The first-order valence-electron chi connectivity index (χ1n) is 11.2. The van der Waals surface area contributed by atoms with E-state index in [-0.39, 0.29) is 6.10 Å². The summed E-state index contributed by atoms with van der Waals surface area (Å²) in [5, 5.41) is 18.9. The molecule has 32 heavy (non-hydrogen) atoms. The zero-order valence-corrected chi connectivity index (χ0v) is 19.4. The molecular formula is C25H24ClN3O2S. The van der Waals surface area contributed by atoms with Crippen LogP contribution in [0, 0.1) is 0 Å². The number of fused-ring (bicyclic) bond motifs is 3. The Morgan fingerprint density at radius 1 is 1.25 bits per heavy atom. The number of aliphatic hydroxyl groups is 1. The molecule has 0 amide bonds. The maximum absolute atomic E-state index is 10.4. The lowest BCUT2D eigenvalue weighted by Crippen LogP contribution is -2.09. The normalized spacial score (nSPS) is 18.4. The highest BCUT2D eigenvalue weighted by Gasteiger charge is 2.33. The van der Waals surface area contributed by atoms with Crippen LogP contribution in [0.25, 0.3) is 21.3 Å². The number of H-pyrrole nitrogens is 1. The fourth-order valence-corrected chi connectivity index (χ4v) is 6.44. The molecule has 7 heteroatoms. The Labute approximate surface area is 195 Å². The molecule has 0 saturated carbocycles. The van der Waals surface area contributed by atoms with Crippen molar-refractivity contribution in [3.63, 3.8) is 0 Å². The largest absolute Gasteiger partial charge is 0.483 e. The summed E-state index contributed by atoms with van der Waals surface area (Å²) in [6, 6.07) is 7.99. The highest BCUT2D eigenvalue weighted by Crippen LogP contribution is 2.48. The van der Waals surface area contributed by atoms with Gasteiger partial charge < -0.3 is 9.84 Å². The van der Waals surface area contributed by atoms with Gasteiger partial charge in [-0.2, -0.15) is 5.10 Å². The Hall–Kier alpha value is -2.41. The number of benzene rings is 1. The van der Waals surface area contributed by atoms with E-state index in [1.54, 1.807) is 11.3 Å². The minimum atomic E-state index is -0.474. The molecule has 0 radical (unpaired) electrons. The van der Waals surface area contributed by atoms with E-state index in [0.29, 0.717) is 11.4 Å². The van der Waals surface area contributed by atoms with Crippen molar-refractivity contribution in [1.29, 1.82) is 0 Å². The van der Waals surface area contributed by atoms with Gasteiger partial charge in [0.25, 0.3) is 0 Å². The number of ether oxygens (including phenoxy) is 1. The van der Waals surface area contributed by atoms with E-state index in [4.69, 9.17) is 16.3 Å². The number of aliphatic hydroxyl groups excluding tert-OH is 1. The predicted octanol–water partition coefficient (Wildman–Crippen LogP) is 6.34. The fraction of sp³-hybridized carbons (Fsp3) is 0.360. The van der Waals surface area contributed by atoms with Crippen molar-refractivity contribution in [3.8, 4) is 16.9 Å². The first-order valence-corrected chi connectivity index (χ1v) is 12.4. The molecule has 0 bridgehead atoms. The minimum absolute atomic E-state index is 0.0987. The quantitative estimate of drug-likeness (QED) is 0.369. The van der Waals surface area contributed by atoms with Gasteiger partial charge in [0, 0.05) is 50.5 Å². The van der Waals surface area contributed by atoms with Crippen LogP contribution in [0.1, 0.15) is 65.8 Å². The van der Waals surface area contributed by atoms with Crippen LogP contribution in [-0.4, -0.2) is 20.3 Å². The van der Waals surface area contributed by atoms with E-state index in [9.17, 15) is 5.11 Å². The number of hydrogen-bond acceptors (Lipinski definition) is 5. The number of aromatic amines is 1. The van der Waals surface area contributed by atoms with Gasteiger partial charge >= 0.3 is 0 Å². The maximum atomic E-state index is 10.4. The van der Waals surface area contributed by atoms with E-state index in [1.807, 2.05) is 37.4 Å². The lowest BCUT2D eigenvalue weighted by molar-refractivity contribution is 0.177. The topological polar surface area (TPSA) is 71.0 Å². The summed E-state index contributed by atoms with van der Waals surface area (Å²) >= 11 is 8.16. The number of rotatable bonds is 4. The van der Waals surface area contributed by atoms with Gasteiger partial charge in [-0.1, -0.05) is 18.5 Å². The van der Waals surface area contributed by atoms with E-state index in [1.165, 1.54) is 24.1 Å². The number of aryl methyl sites for hydroxylation is 1. The lowest BCUT2D eigenvalue weighted by atomic mass is 9.93. The van der Waals surface area contributed by atoms with E-state index < -0.39 is 6.10 Å². The fourth-order valence-electron chi connectivity index (χ4n) is 4.98. The predicted molar refractivity (Wildman–Crippen MR) is 128 cm³/mol. The molecule has 164 valence electrons. The molecule has 0 fully saturated rings. The average molecular weight is 466 g/mol. The van der Waals surface area contributed by atoms with Gasteiger partial charge in [0.1, 0.15) is 17.5 Å². The van der Waals surface area contributed by atoms with Gasteiger partial charge in [-0.15, -0.1) is 11.3 Å². The molecule has 2 unspecified atom stereocenters. The van der Waals surface area contributed by atoms with E-state index in [0.717, 1.165) is 62.5 Å². The summed E-state index contributed by atoms with van der Waals surface area (Å²) < 4.78 is 7.62. The number of thiophene rings is 1. The van der Waals surface area contributed by atoms with Crippen LogP contribution in [0.4, 0.5) is 0 Å². The Bertz CT molecular complexity index is 1330. The number of pyridine rings is 1. The molecule has 2 atom stereocenters. The number of aromatic nitrogens is 3. The molecule has 4 aromatic rings. The highest BCUT2D eigenvalue weighted by atomic mass is 35.5. The molecule has 0 spiro atoms. The zero-order chi connectivity index (χ0) is 21.8. The summed E-state index contributed by atoms with van der Waals surface area (Å²) in [6.45, 7) is 1.98. The highest BCUT2D eigenvalue weighted by molar-refractivity contribution is 7.19. The molecule has 5 nitrogen and oxygen atoms in total. The second-order valence-electron chi connectivity index (χ2n) is 8.67. The molecule has 1 aromatic carbocycles. The number of nitrogens with zero attached hydrogens (tertiary/aromatic N) is 2. The molecule has 4 heterocycles. The van der Waals surface area contributed by atoms with Gasteiger partial charge in [-0.3, -0.25) is 10.1 Å². The van der Waals surface area contributed by atoms with Crippen LogP contribution in [0.3, 0.4) is 0 Å². The van der Waals surface area contributed by atoms with Crippen molar-refractivity contribution in [1.82, 2.24) is 15.2 Å². The van der Waals surface area contributed by atoms with Gasteiger partial charge in [-0.05, 0) is 56.4 Å². The molecule has 6 rings (SSSR count). The molecule has 1 aliphatic carbocycles. The van der Waals surface area contributed by atoms with Crippen LogP contribution in [-0.2, 0) is 19.3 Å². The molecule has 2 N–H and O–H groups in total. The number of halogens is 1. The summed E-state index contributed by atoms with van der Waals surface area (Å²) in [5.74, 6) is 0.880. The average Bonchev–Trinajstić information content (AvgIpc) is 3.53. The van der Waals surface area contributed by atoms with Crippen LogP contribution in [0.5, 0.6) is 5.75 Å². The SMILES string of the molecule is CCC(O)c1cc2nccc(-c3cc(Cl)cc4c3OC(c3n[nH]c5c3CCCC5)C4)c2s1. The molecule has 0 saturated heterocycles. The van der Waals surface area contributed by atoms with Crippen molar-refractivity contribution in [2.24, 2.45) is 0 Å². The molecule has 3 aromatic heterocycles. The lowest BCUT2D eigenvalue weighted by Gasteiger charge is -2.15. The van der Waals surface area contributed by atoms with Crippen molar-refractivity contribution in [2.75, 3.05) is 0 Å². The summed E-state index contributed by atoms with van der Waals surface area (Å²) in [4.78, 5) is 5.47. The van der Waals surface area contributed by atoms with E-state index in [2.05, 4.69) is 15.2 Å². The van der Waals surface area contributed by atoms with Crippen LogP contribution >= 0.6 is 22.9 Å². The summed E-state index contributed by atoms with van der Waals surface area (Å²) in [7, 11) is 0. The zero-order valence-electron chi connectivity index (χ0n) is 17.8. The van der Waals surface area contributed by atoms with Gasteiger partial charge in [0.15, 0.2) is 0 Å². The first-order chi connectivity index (χ1) is 15.6. The molecule has 2 aliphatic rings. The van der Waals surface area contributed by atoms with Crippen molar-refractivity contribution >= 4 is 33.2 Å². The third kappa shape index (κ3) is 3.24. The van der Waals surface area contributed by atoms with Gasteiger partial charge in [0.2, 0.25) is 0 Å². The monoisotopic (exact) mass is 465 g/mol. The summed E-state index contributed by atoms with van der Waals surface area (Å²) in [6.07, 6.45) is 7.23. The first kappa shape index (κ1) is 20.2.